The van der Waals surface area contributed by atoms with Gasteiger partial charge in [0.2, 0.25) is 0 Å². The lowest BCUT2D eigenvalue weighted by atomic mass is 10.0. The lowest BCUT2D eigenvalue weighted by molar-refractivity contribution is 0.353. The van der Waals surface area contributed by atoms with Crippen LogP contribution in [0.25, 0.3) is 0 Å². The fraction of sp³-hybridized carbons (Fsp3) is 0.571. The Morgan fingerprint density at radius 1 is 1.33 bits per heavy atom. The second kappa shape index (κ2) is 6.02. The first-order valence-electron chi connectivity index (χ1n) is 6.65. The van der Waals surface area contributed by atoms with Crippen molar-refractivity contribution in [2.24, 2.45) is 0 Å². The Balaban J connectivity index is 2.14. The van der Waals surface area contributed by atoms with E-state index in [1.165, 1.54) is 7.11 Å². The van der Waals surface area contributed by atoms with Gasteiger partial charge in [-0.05, 0) is 25.0 Å². The van der Waals surface area contributed by atoms with Crippen LogP contribution >= 0.6 is 11.6 Å². The molecule has 0 spiro atoms. The van der Waals surface area contributed by atoms with Gasteiger partial charge in [0.25, 0.3) is 0 Å². The van der Waals surface area contributed by atoms with Crippen LogP contribution in [0.3, 0.4) is 0 Å². The number of sulfone groups is 1. The van der Waals surface area contributed by atoms with Crippen LogP contribution in [0.15, 0.2) is 12.1 Å². The zero-order valence-corrected chi connectivity index (χ0v) is 14.0. The maximum absolute atomic E-state index is 11.6. The molecule has 2 rings (SSSR count). The Bertz CT molecular complexity index is 632. The monoisotopic (exact) mass is 333 g/mol. The summed E-state index contributed by atoms with van der Waals surface area (Å²) in [5.74, 6) is 1.45. The zero-order valence-electron chi connectivity index (χ0n) is 12.4. The SMILES string of the molecule is COc1ccc(CNC2(C)CCS(=O)(=O)C2)c(Cl)c1OC. The van der Waals surface area contributed by atoms with E-state index >= 15 is 0 Å². The molecule has 1 aliphatic heterocycles. The minimum Gasteiger partial charge on any atom is -0.493 e. The maximum atomic E-state index is 11.6. The van der Waals surface area contributed by atoms with E-state index in [0.29, 0.717) is 29.5 Å². The first-order valence-corrected chi connectivity index (χ1v) is 8.85. The molecule has 1 heterocycles. The summed E-state index contributed by atoms with van der Waals surface area (Å²) in [6.07, 6.45) is 0.611. The molecular weight excluding hydrogens is 314 g/mol. The number of halogens is 1. The molecule has 1 saturated heterocycles. The number of methoxy groups -OCH3 is 2. The smallest absolute Gasteiger partial charge is 0.179 e. The summed E-state index contributed by atoms with van der Waals surface area (Å²) >= 11 is 6.32. The van der Waals surface area contributed by atoms with Crippen LogP contribution < -0.4 is 14.8 Å². The van der Waals surface area contributed by atoms with Gasteiger partial charge in [0, 0.05) is 12.1 Å². The first kappa shape index (κ1) is 16.4. The summed E-state index contributed by atoms with van der Waals surface area (Å²) in [7, 11) is 0.154. The second-order valence-electron chi connectivity index (χ2n) is 5.53. The van der Waals surface area contributed by atoms with E-state index < -0.39 is 15.4 Å². The summed E-state index contributed by atoms with van der Waals surface area (Å²) in [6.45, 7) is 2.40. The van der Waals surface area contributed by atoms with E-state index in [9.17, 15) is 8.42 Å². The third kappa shape index (κ3) is 3.62. The minimum atomic E-state index is -2.93. The molecule has 0 radical (unpaired) electrons. The minimum absolute atomic E-state index is 0.158. The first-order chi connectivity index (χ1) is 9.80. The molecule has 1 aromatic rings. The number of ether oxygens (including phenoxy) is 2. The molecule has 0 bridgehead atoms. The molecule has 1 aliphatic rings. The summed E-state index contributed by atoms with van der Waals surface area (Å²) in [4.78, 5) is 0. The van der Waals surface area contributed by atoms with Crippen molar-refractivity contribution >= 4 is 21.4 Å². The quantitative estimate of drug-likeness (QED) is 0.893. The molecule has 1 N–H and O–H groups in total. The van der Waals surface area contributed by atoms with Crippen molar-refractivity contribution in [3.63, 3.8) is 0 Å². The van der Waals surface area contributed by atoms with Gasteiger partial charge in [-0.25, -0.2) is 8.42 Å². The van der Waals surface area contributed by atoms with Crippen molar-refractivity contribution in [2.75, 3.05) is 25.7 Å². The van der Waals surface area contributed by atoms with Crippen molar-refractivity contribution in [1.29, 1.82) is 0 Å². The summed E-state index contributed by atoms with van der Waals surface area (Å²) < 4.78 is 33.7. The third-order valence-corrected chi connectivity index (χ3v) is 6.09. The fourth-order valence-electron chi connectivity index (χ4n) is 2.53. The highest BCUT2D eigenvalue weighted by Gasteiger charge is 2.37. The van der Waals surface area contributed by atoms with Crippen molar-refractivity contribution < 1.29 is 17.9 Å². The normalized spacial score (nSPS) is 24.0. The maximum Gasteiger partial charge on any atom is 0.179 e. The Morgan fingerprint density at radius 3 is 2.57 bits per heavy atom. The Kier molecular flexibility index (Phi) is 4.70. The highest BCUT2D eigenvalue weighted by molar-refractivity contribution is 7.91. The fourth-order valence-corrected chi connectivity index (χ4v) is 4.95. The van der Waals surface area contributed by atoms with E-state index in [1.807, 2.05) is 13.0 Å². The number of nitrogens with one attached hydrogen (secondary N) is 1. The molecule has 1 aromatic carbocycles. The number of rotatable bonds is 5. The number of hydrogen-bond acceptors (Lipinski definition) is 5. The van der Waals surface area contributed by atoms with Crippen LogP contribution in [-0.4, -0.2) is 39.7 Å². The molecule has 118 valence electrons. The lowest BCUT2D eigenvalue weighted by Crippen LogP contribution is -2.42. The highest BCUT2D eigenvalue weighted by atomic mass is 35.5. The summed E-state index contributed by atoms with van der Waals surface area (Å²) in [5.41, 5.74) is 0.440. The van der Waals surface area contributed by atoms with Gasteiger partial charge in [-0.2, -0.15) is 0 Å². The molecule has 1 fully saturated rings. The Hall–Kier alpha value is -0.980. The van der Waals surface area contributed by atoms with E-state index in [4.69, 9.17) is 21.1 Å². The highest BCUT2D eigenvalue weighted by Crippen LogP contribution is 2.37. The molecule has 7 heteroatoms. The Labute approximate surface area is 130 Å². The van der Waals surface area contributed by atoms with Crippen molar-refractivity contribution in [2.45, 2.75) is 25.4 Å². The van der Waals surface area contributed by atoms with Crippen LogP contribution in [0.5, 0.6) is 11.5 Å². The van der Waals surface area contributed by atoms with E-state index in [2.05, 4.69) is 5.32 Å². The number of benzene rings is 1. The third-order valence-electron chi connectivity index (χ3n) is 3.77. The standard InChI is InChI=1S/C14H20ClNO4S/c1-14(6-7-21(17,18)9-14)16-8-10-4-5-11(19-2)13(20-3)12(10)15/h4-5,16H,6-9H2,1-3H3. The average Bonchev–Trinajstić information content (AvgIpc) is 2.71. The molecular formula is C14H20ClNO4S. The molecule has 0 saturated carbocycles. The molecule has 0 aliphatic carbocycles. The van der Waals surface area contributed by atoms with Gasteiger partial charge < -0.3 is 14.8 Å². The molecule has 0 amide bonds. The predicted octanol–water partition coefficient (Wildman–Crippen LogP) is 2.02. The average molecular weight is 334 g/mol. The van der Waals surface area contributed by atoms with E-state index in [0.717, 1.165) is 5.56 Å². The lowest BCUT2D eigenvalue weighted by Gasteiger charge is -2.24. The summed E-state index contributed by atoms with van der Waals surface area (Å²) in [5, 5.41) is 3.78. The van der Waals surface area contributed by atoms with Crippen LogP contribution in [0.4, 0.5) is 0 Å². The van der Waals surface area contributed by atoms with Gasteiger partial charge in [-0.3, -0.25) is 0 Å². The van der Waals surface area contributed by atoms with Crippen LogP contribution in [0.2, 0.25) is 5.02 Å². The van der Waals surface area contributed by atoms with E-state index in [-0.39, 0.29) is 11.5 Å². The van der Waals surface area contributed by atoms with Crippen molar-refractivity contribution in [1.82, 2.24) is 5.32 Å². The molecule has 5 nitrogen and oxygen atoms in total. The van der Waals surface area contributed by atoms with E-state index in [1.54, 1.807) is 13.2 Å². The van der Waals surface area contributed by atoms with Crippen molar-refractivity contribution in [3.05, 3.63) is 22.7 Å². The van der Waals surface area contributed by atoms with Gasteiger partial charge in [0.15, 0.2) is 21.3 Å². The molecule has 1 atom stereocenters. The molecule has 1 unspecified atom stereocenters. The van der Waals surface area contributed by atoms with Crippen LogP contribution in [0, 0.1) is 0 Å². The van der Waals surface area contributed by atoms with Crippen LogP contribution in [0.1, 0.15) is 18.9 Å². The van der Waals surface area contributed by atoms with Gasteiger partial charge in [-0.15, -0.1) is 0 Å². The largest absolute Gasteiger partial charge is 0.493 e. The van der Waals surface area contributed by atoms with Gasteiger partial charge in [0.1, 0.15) is 0 Å². The molecule has 0 aromatic heterocycles. The summed E-state index contributed by atoms with van der Waals surface area (Å²) in [6, 6.07) is 3.64. The zero-order chi connectivity index (χ0) is 15.7. The second-order valence-corrected chi connectivity index (χ2v) is 8.09. The predicted molar refractivity (Wildman–Crippen MR) is 83.1 cm³/mol. The topological polar surface area (TPSA) is 64.6 Å². The number of hydrogen-bond donors (Lipinski definition) is 1. The van der Waals surface area contributed by atoms with Crippen molar-refractivity contribution in [3.8, 4) is 11.5 Å². The Morgan fingerprint density at radius 2 is 2.05 bits per heavy atom. The van der Waals surface area contributed by atoms with Crippen LogP contribution in [-0.2, 0) is 16.4 Å². The van der Waals surface area contributed by atoms with Gasteiger partial charge in [0.05, 0.1) is 30.7 Å². The van der Waals surface area contributed by atoms with Gasteiger partial charge >= 0.3 is 0 Å². The van der Waals surface area contributed by atoms with Gasteiger partial charge in [-0.1, -0.05) is 17.7 Å². The molecule has 21 heavy (non-hydrogen) atoms.